The SMILES string of the molecule is CC(C)C1CN2CCCC2CN1C1CCN(C)CC1. The first kappa shape index (κ1) is 13.8. The molecule has 3 fully saturated rings. The summed E-state index contributed by atoms with van der Waals surface area (Å²) >= 11 is 0. The average molecular weight is 265 g/mol. The van der Waals surface area contributed by atoms with Gasteiger partial charge in [-0.15, -0.1) is 0 Å². The molecule has 0 radical (unpaired) electrons. The fraction of sp³-hybridized carbons (Fsp3) is 1.00. The maximum atomic E-state index is 2.91. The molecule has 0 spiro atoms. The molecule has 0 aliphatic carbocycles. The van der Waals surface area contributed by atoms with Gasteiger partial charge in [0.2, 0.25) is 0 Å². The van der Waals surface area contributed by atoms with Crippen molar-refractivity contribution >= 4 is 0 Å². The Kier molecular flexibility index (Phi) is 4.16. The molecular weight excluding hydrogens is 234 g/mol. The summed E-state index contributed by atoms with van der Waals surface area (Å²) in [6, 6.07) is 2.52. The number of hydrogen-bond acceptors (Lipinski definition) is 3. The molecule has 0 aromatic rings. The highest BCUT2D eigenvalue weighted by molar-refractivity contribution is 4.96. The lowest BCUT2D eigenvalue weighted by Crippen LogP contribution is -2.61. The highest BCUT2D eigenvalue weighted by Crippen LogP contribution is 2.31. The third-order valence-electron chi connectivity index (χ3n) is 5.69. The second-order valence-electron chi connectivity index (χ2n) is 7.33. The molecule has 2 unspecified atom stereocenters. The summed E-state index contributed by atoms with van der Waals surface area (Å²) in [7, 11) is 2.27. The van der Waals surface area contributed by atoms with E-state index in [4.69, 9.17) is 0 Å². The zero-order chi connectivity index (χ0) is 13.4. The molecule has 0 N–H and O–H groups in total. The Balaban J connectivity index is 1.69. The Morgan fingerprint density at radius 3 is 2.32 bits per heavy atom. The van der Waals surface area contributed by atoms with Crippen LogP contribution in [0.25, 0.3) is 0 Å². The van der Waals surface area contributed by atoms with Gasteiger partial charge in [0.05, 0.1) is 0 Å². The van der Waals surface area contributed by atoms with E-state index >= 15 is 0 Å². The molecule has 3 nitrogen and oxygen atoms in total. The van der Waals surface area contributed by atoms with Gasteiger partial charge in [-0.1, -0.05) is 13.8 Å². The smallest absolute Gasteiger partial charge is 0.0249 e. The van der Waals surface area contributed by atoms with Crippen molar-refractivity contribution in [1.82, 2.24) is 14.7 Å². The van der Waals surface area contributed by atoms with E-state index in [1.165, 1.54) is 58.4 Å². The first-order chi connectivity index (χ1) is 9.15. The molecular formula is C16H31N3. The minimum absolute atomic E-state index is 0.793. The zero-order valence-corrected chi connectivity index (χ0v) is 13.0. The number of rotatable bonds is 2. The molecule has 3 aliphatic rings. The number of piperidine rings is 1. The lowest BCUT2D eigenvalue weighted by Gasteiger charge is -2.50. The fourth-order valence-electron chi connectivity index (χ4n) is 4.41. The predicted octanol–water partition coefficient (Wildman–Crippen LogP) is 1.89. The topological polar surface area (TPSA) is 9.72 Å². The first-order valence-electron chi connectivity index (χ1n) is 8.33. The first-order valence-corrected chi connectivity index (χ1v) is 8.33. The number of likely N-dealkylation sites (tertiary alicyclic amines) is 1. The Morgan fingerprint density at radius 1 is 0.895 bits per heavy atom. The van der Waals surface area contributed by atoms with Crippen molar-refractivity contribution in [1.29, 1.82) is 0 Å². The van der Waals surface area contributed by atoms with Crippen LogP contribution in [0.15, 0.2) is 0 Å². The van der Waals surface area contributed by atoms with Crippen LogP contribution in [-0.4, -0.2) is 72.6 Å². The highest BCUT2D eigenvalue weighted by atomic mass is 15.3. The molecule has 3 heterocycles. The quantitative estimate of drug-likeness (QED) is 0.755. The van der Waals surface area contributed by atoms with E-state index in [1.807, 2.05) is 0 Å². The maximum Gasteiger partial charge on any atom is 0.0249 e. The maximum absolute atomic E-state index is 2.91. The van der Waals surface area contributed by atoms with Gasteiger partial charge in [-0.2, -0.15) is 0 Å². The van der Waals surface area contributed by atoms with Crippen LogP contribution < -0.4 is 0 Å². The molecule has 3 aliphatic heterocycles. The van der Waals surface area contributed by atoms with Crippen LogP contribution in [0.1, 0.15) is 39.5 Å². The van der Waals surface area contributed by atoms with E-state index < -0.39 is 0 Å². The van der Waals surface area contributed by atoms with Gasteiger partial charge in [0.1, 0.15) is 0 Å². The van der Waals surface area contributed by atoms with E-state index in [9.17, 15) is 0 Å². The lowest BCUT2D eigenvalue weighted by atomic mass is 9.92. The van der Waals surface area contributed by atoms with Crippen molar-refractivity contribution in [2.45, 2.75) is 57.7 Å². The Labute approximate surface area is 118 Å². The van der Waals surface area contributed by atoms with Gasteiger partial charge in [0.15, 0.2) is 0 Å². The Hall–Kier alpha value is -0.120. The summed E-state index contributed by atoms with van der Waals surface area (Å²) in [6.07, 6.45) is 5.63. The summed E-state index contributed by atoms with van der Waals surface area (Å²) in [5, 5.41) is 0. The van der Waals surface area contributed by atoms with Crippen molar-refractivity contribution in [2.24, 2.45) is 5.92 Å². The van der Waals surface area contributed by atoms with Crippen LogP contribution in [0.4, 0.5) is 0 Å². The largest absolute Gasteiger partial charge is 0.306 e. The number of hydrogen-bond donors (Lipinski definition) is 0. The zero-order valence-electron chi connectivity index (χ0n) is 13.0. The van der Waals surface area contributed by atoms with Crippen LogP contribution in [-0.2, 0) is 0 Å². The normalized spacial score (nSPS) is 36.0. The molecule has 3 saturated heterocycles. The number of nitrogens with zero attached hydrogens (tertiary/aromatic N) is 3. The van der Waals surface area contributed by atoms with Crippen LogP contribution in [0.3, 0.4) is 0 Å². The molecule has 2 atom stereocenters. The van der Waals surface area contributed by atoms with Gasteiger partial charge in [0, 0.05) is 31.2 Å². The third kappa shape index (κ3) is 2.84. The van der Waals surface area contributed by atoms with E-state index in [2.05, 4.69) is 35.6 Å². The molecule has 19 heavy (non-hydrogen) atoms. The summed E-state index contributed by atoms with van der Waals surface area (Å²) in [5.41, 5.74) is 0. The molecule has 3 heteroatoms. The number of piperazine rings is 1. The van der Waals surface area contributed by atoms with E-state index in [-0.39, 0.29) is 0 Å². The Bertz CT molecular complexity index is 296. The van der Waals surface area contributed by atoms with Crippen molar-refractivity contribution in [2.75, 3.05) is 39.8 Å². The summed E-state index contributed by atoms with van der Waals surface area (Å²) < 4.78 is 0. The van der Waals surface area contributed by atoms with Crippen molar-refractivity contribution < 1.29 is 0 Å². The second-order valence-corrected chi connectivity index (χ2v) is 7.33. The minimum atomic E-state index is 0.793. The summed E-state index contributed by atoms with van der Waals surface area (Å²) in [6.45, 7) is 11.5. The van der Waals surface area contributed by atoms with Crippen LogP contribution in [0.2, 0.25) is 0 Å². The number of fused-ring (bicyclic) bond motifs is 1. The van der Waals surface area contributed by atoms with Gasteiger partial charge in [-0.25, -0.2) is 0 Å². The Morgan fingerprint density at radius 2 is 1.63 bits per heavy atom. The average Bonchev–Trinajstić information content (AvgIpc) is 2.85. The fourth-order valence-corrected chi connectivity index (χ4v) is 4.41. The standard InChI is InChI=1S/C16H31N3/c1-13(2)16-12-18-8-4-5-15(18)11-19(16)14-6-9-17(3)10-7-14/h13-16H,4-12H2,1-3H3. The van der Waals surface area contributed by atoms with Crippen molar-refractivity contribution in [3.05, 3.63) is 0 Å². The minimum Gasteiger partial charge on any atom is -0.306 e. The summed E-state index contributed by atoms with van der Waals surface area (Å²) in [4.78, 5) is 8.17. The highest BCUT2D eigenvalue weighted by Gasteiger charge is 2.40. The lowest BCUT2D eigenvalue weighted by molar-refractivity contribution is -0.0162. The molecule has 0 aromatic carbocycles. The van der Waals surface area contributed by atoms with Crippen molar-refractivity contribution in [3.63, 3.8) is 0 Å². The molecule has 0 saturated carbocycles. The van der Waals surface area contributed by atoms with E-state index in [0.29, 0.717) is 0 Å². The molecule has 3 rings (SSSR count). The van der Waals surface area contributed by atoms with Gasteiger partial charge in [-0.05, 0) is 58.3 Å². The van der Waals surface area contributed by atoms with Gasteiger partial charge < -0.3 is 4.90 Å². The van der Waals surface area contributed by atoms with Gasteiger partial charge >= 0.3 is 0 Å². The summed E-state index contributed by atoms with van der Waals surface area (Å²) in [5.74, 6) is 0.793. The molecule has 0 aromatic heterocycles. The van der Waals surface area contributed by atoms with Crippen LogP contribution in [0, 0.1) is 5.92 Å². The van der Waals surface area contributed by atoms with Crippen LogP contribution >= 0.6 is 0 Å². The predicted molar refractivity (Wildman–Crippen MR) is 80.4 cm³/mol. The van der Waals surface area contributed by atoms with E-state index in [1.54, 1.807) is 0 Å². The van der Waals surface area contributed by atoms with Crippen LogP contribution in [0.5, 0.6) is 0 Å². The monoisotopic (exact) mass is 265 g/mol. The molecule has 110 valence electrons. The van der Waals surface area contributed by atoms with Gasteiger partial charge in [0.25, 0.3) is 0 Å². The van der Waals surface area contributed by atoms with Crippen molar-refractivity contribution in [3.8, 4) is 0 Å². The molecule has 0 bridgehead atoms. The van der Waals surface area contributed by atoms with Gasteiger partial charge in [-0.3, -0.25) is 9.80 Å². The third-order valence-corrected chi connectivity index (χ3v) is 5.69. The second kappa shape index (κ2) is 5.71. The van der Waals surface area contributed by atoms with E-state index in [0.717, 1.165) is 24.0 Å². The molecule has 0 amide bonds.